The maximum Gasteiger partial charge on any atom is 0.257 e. The second kappa shape index (κ2) is 7.60. The number of piperidine rings is 1. The van der Waals surface area contributed by atoms with Crippen LogP contribution in [-0.2, 0) is 16.1 Å². The van der Waals surface area contributed by atoms with Crippen molar-refractivity contribution in [1.29, 1.82) is 0 Å². The molecule has 6 heteroatoms. The number of carbonyl (C=O) groups excluding carboxylic acids is 1. The van der Waals surface area contributed by atoms with Gasteiger partial charge in [-0.05, 0) is 37.5 Å². The molecule has 2 fully saturated rings. The van der Waals surface area contributed by atoms with Crippen LogP contribution in [0, 0.1) is 5.41 Å². The van der Waals surface area contributed by atoms with Crippen molar-refractivity contribution in [2.45, 2.75) is 32.0 Å². The lowest BCUT2D eigenvalue weighted by molar-refractivity contribution is -0.149. The Labute approximate surface area is 153 Å². The zero-order valence-electron chi connectivity index (χ0n) is 14.8. The highest BCUT2D eigenvalue weighted by Gasteiger charge is 2.47. The van der Waals surface area contributed by atoms with E-state index in [0.29, 0.717) is 31.9 Å². The van der Waals surface area contributed by atoms with Crippen molar-refractivity contribution in [2.24, 2.45) is 5.41 Å². The minimum atomic E-state index is -0.148. The molecule has 2 aromatic heterocycles. The van der Waals surface area contributed by atoms with Crippen LogP contribution in [-0.4, -0.2) is 48.2 Å². The summed E-state index contributed by atoms with van der Waals surface area (Å²) in [6, 6.07) is 7.54. The first-order valence-corrected chi connectivity index (χ1v) is 9.18. The Hall–Kier alpha value is -2.18. The first-order valence-electron chi connectivity index (χ1n) is 9.18. The zero-order chi connectivity index (χ0) is 17.8. The van der Waals surface area contributed by atoms with Crippen LogP contribution in [0.1, 0.15) is 35.3 Å². The molecule has 0 unspecified atom stereocenters. The second-order valence-electron chi connectivity index (χ2n) is 7.17. The SMILES string of the molecule is O=C(c1ccoc1)N1CC[C@H]2OCCC[C@@]2(COCc2ccccn2)C1. The van der Waals surface area contributed by atoms with Gasteiger partial charge in [0.2, 0.25) is 0 Å². The Morgan fingerprint density at radius 2 is 2.35 bits per heavy atom. The quantitative estimate of drug-likeness (QED) is 0.824. The van der Waals surface area contributed by atoms with Gasteiger partial charge in [0.15, 0.2) is 0 Å². The van der Waals surface area contributed by atoms with Crippen molar-refractivity contribution in [2.75, 3.05) is 26.3 Å². The van der Waals surface area contributed by atoms with Gasteiger partial charge >= 0.3 is 0 Å². The van der Waals surface area contributed by atoms with Crippen LogP contribution in [0.15, 0.2) is 47.4 Å². The molecule has 2 aromatic rings. The van der Waals surface area contributed by atoms with E-state index in [1.807, 2.05) is 23.1 Å². The summed E-state index contributed by atoms with van der Waals surface area (Å²) in [6.45, 7) is 3.21. The fourth-order valence-electron chi connectivity index (χ4n) is 4.09. The highest BCUT2D eigenvalue weighted by atomic mass is 16.5. The second-order valence-corrected chi connectivity index (χ2v) is 7.17. The average Bonchev–Trinajstić information content (AvgIpc) is 3.22. The molecule has 2 aliphatic heterocycles. The van der Waals surface area contributed by atoms with E-state index >= 15 is 0 Å². The number of furan rings is 1. The highest BCUT2D eigenvalue weighted by molar-refractivity contribution is 5.93. The number of hydrogen-bond donors (Lipinski definition) is 0. The number of hydrogen-bond acceptors (Lipinski definition) is 5. The van der Waals surface area contributed by atoms with E-state index in [-0.39, 0.29) is 17.4 Å². The number of pyridine rings is 1. The number of nitrogens with zero attached hydrogens (tertiary/aromatic N) is 2. The molecule has 4 heterocycles. The molecular weight excluding hydrogens is 332 g/mol. The monoisotopic (exact) mass is 356 g/mol. The van der Waals surface area contributed by atoms with Crippen molar-refractivity contribution in [1.82, 2.24) is 9.88 Å². The number of fused-ring (bicyclic) bond motifs is 1. The summed E-state index contributed by atoms with van der Waals surface area (Å²) in [7, 11) is 0. The minimum Gasteiger partial charge on any atom is -0.472 e. The van der Waals surface area contributed by atoms with E-state index in [0.717, 1.165) is 31.6 Å². The van der Waals surface area contributed by atoms with Crippen molar-refractivity contribution in [3.8, 4) is 0 Å². The third-order valence-electron chi connectivity index (χ3n) is 5.41. The van der Waals surface area contributed by atoms with Gasteiger partial charge in [-0.3, -0.25) is 9.78 Å². The molecule has 1 amide bonds. The first-order chi connectivity index (χ1) is 12.8. The van der Waals surface area contributed by atoms with Gasteiger partial charge in [-0.2, -0.15) is 0 Å². The standard InChI is InChI=1S/C20H24N2O4/c23-19(16-6-11-24-12-16)22-9-5-18-20(14-22,7-3-10-26-18)15-25-13-17-4-1-2-8-21-17/h1-2,4,6,8,11-12,18H,3,5,7,9-10,13-15H2/t18-,20+/m1/s1. The summed E-state index contributed by atoms with van der Waals surface area (Å²) in [4.78, 5) is 19.0. The summed E-state index contributed by atoms with van der Waals surface area (Å²) in [5.74, 6) is 0.0203. The predicted molar refractivity (Wildman–Crippen MR) is 94.5 cm³/mol. The van der Waals surface area contributed by atoms with E-state index in [4.69, 9.17) is 13.9 Å². The lowest BCUT2D eigenvalue weighted by atomic mass is 9.73. The summed E-state index contributed by atoms with van der Waals surface area (Å²) in [5.41, 5.74) is 1.37. The number of ether oxygens (including phenoxy) is 2. The number of likely N-dealkylation sites (tertiary alicyclic amines) is 1. The topological polar surface area (TPSA) is 64.8 Å². The first kappa shape index (κ1) is 17.2. The molecule has 0 bridgehead atoms. The smallest absolute Gasteiger partial charge is 0.257 e. The van der Waals surface area contributed by atoms with Gasteiger partial charge in [0, 0.05) is 31.3 Å². The largest absolute Gasteiger partial charge is 0.472 e. The van der Waals surface area contributed by atoms with Crippen molar-refractivity contribution in [3.05, 3.63) is 54.2 Å². The Balaban J connectivity index is 1.45. The van der Waals surface area contributed by atoms with Crippen LogP contribution in [0.2, 0.25) is 0 Å². The maximum absolute atomic E-state index is 12.7. The molecule has 0 aromatic carbocycles. The van der Waals surface area contributed by atoms with Gasteiger partial charge in [0.05, 0.1) is 36.8 Å². The highest BCUT2D eigenvalue weighted by Crippen LogP contribution is 2.41. The predicted octanol–water partition coefficient (Wildman–Crippen LogP) is 2.90. The molecule has 2 atom stereocenters. The Morgan fingerprint density at radius 1 is 1.38 bits per heavy atom. The van der Waals surface area contributed by atoms with E-state index in [1.165, 1.54) is 12.5 Å². The van der Waals surface area contributed by atoms with Gasteiger partial charge in [-0.15, -0.1) is 0 Å². The van der Waals surface area contributed by atoms with Crippen LogP contribution >= 0.6 is 0 Å². The summed E-state index contributed by atoms with van der Waals surface area (Å²) in [5, 5.41) is 0. The van der Waals surface area contributed by atoms with Crippen molar-refractivity contribution >= 4 is 5.91 Å². The van der Waals surface area contributed by atoms with Gasteiger partial charge in [-0.1, -0.05) is 6.07 Å². The van der Waals surface area contributed by atoms with Gasteiger partial charge < -0.3 is 18.8 Å². The fraction of sp³-hybridized carbons (Fsp3) is 0.500. The van der Waals surface area contributed by atoms with Gasteiger partial charge in [-0.25, -0.2) is 0 Å². The number of aromatic nitrogens is 1. The molecule has 2 saturated heterocycles. The fourth-order valence-corrected chi connectivity index (χ4v) is 4.09. The van der Waals surface area contributed by atoms with E-state index < -0.39 is 0 Å². The summed E-state index contributed by atoms with van der Waals surface area (Å²) >= 11 is 0. The summed E-state index contributed by atoms with van der Waals surface area (Å²) in [6.07, 6.45) is 7.82. The molecule has 2 aliphatic rings. The van der Waals surface area contributed by atoms with Gasteiger partial charge in [0.25, 0.3) is 5.91 Å². The molecule has 0 spiro atoms. The van der Waals surface area contributed by atoms with E-state index in [1.54, 1.807) is 12.3 Å². The van der Waals surface area contributed by atoms with Crippen molar-refractivity contribution in [3.63, 3.8) is 0 Å². The lowest BCUT2D eigenvalue weighted by Crippen LogP contribution is -2.58. The molecule has 26 heavy (non-hydrogen) atoms. The van der Waals surface area contributed by atoms with Crippen LogP contribution in [0.5, 0.6) is 0 Å². The Bertz CT molecular complexity index is 719. The van der Waals surface area contributed by atoms with E-state index in [9.17, 15) is 4.79 Å². The average molecular weight is 356 g/mol. The van der Waals surface area contributed by atoms with Crippen LogP contribution < -0.4 is 0 Å². The molecule has 0 aliphatic carbocycles. The van der Waals surface area contributed by atoms with Crippen LogP contribution in [0.25, 0.3) is 0 Å². The molecule has 0 radical (unpaired) electrons. The Morgan fingerprint density at radius 3 is 3.15 bits per heavy atom. The minimum absolute atomic E-state index is 0.0203. The number of carbonyl (C=O) groups is 1. The molecule has 138 valence electrons. The third-order valence-corrected chi connectivity index (χ3v) is 5.41. The number of rotatable bonds is 5. The molecule has 4 rings (SSSR count). The van der Waals surface area contributed by atoms with Crippen LogP contribution in [0.3, 0.4) is 0 Å². The van der Waals surface area contributed by atoms with E-state index in [2.05, 4.69) is 4.98 Å². The number of amides is 1. The lowest BCUT2D eigenvalue weighted by Gasteiger charge is -2.50. The molecular formula is C20H24N2O4. The van der Waals surface area contributed by atoms with Crippen LogP contribution in [0.4, 0.5) is 0 Å². The molecule has 6 nitrogen and oxygen atoms in total. The third kappa shape index (κ3) is 3.52. The molecule has 0 N–H and O–H groups in total. The zero-order valence-corrected chi connectivity index (χ0v) is 14.8. The normalized spacial score (nSPS) is 25.7. The maximum atomic E-state index is 12.7. The Kier molecular flexibility index (Phi) is 5.04. The van der Waals surface area contributed by atoms with Gasteiger partial charge in [0.1, 0.15) is 6.26 Å². The summed E-state index contributed by atoms with van der Waals surface area (Å²) < 4.78 is 17.2. The van der Waals surface area contributed by atoms with Crippen molar-refractivity contribution < 1.29 is 18.7 Å². The molecule has 0 saturated carbocycles.